The van der Waals surface area contributed by atoms with Gasteiger partial charge in [0, 0.05) is 13.6 Å². The Labute approximate surface area is 93.1 Å². The van der Waals surface area contributed by atoms with Crippen LogP contribution in [0.25, 0.3) is 8.06 Å². The first kappa shape index (κ1) is 8.56. The van der Waals surface area contributed by atoms with E-state index >= 15 is 0 Å². The first-order valence-corrected chi connectivity index (χ1v) is 5.35. The first-order chi connectivity index (χ1) is 5.74. The SMILES string of the molecule is COc1ccc2c(c1)C(I)=C2Br. The third-order valence-electron chi connectivity index (χ3n) is 1.89. The molecule has 0 fully saturated rings. The van der Waals surface area contributed by atoms with Gasteiger partial charge in [-0.2, -0.15) is 0 Å². The van der Waals surface area contributed by atoms with Crippen molar-refractivity contribution in [3.8, 4) is 5.75 Å². The normalized spacial score (nSPS) is 13.9. The third-order valence-corrected chi connectivity index (χ3v) is 4.58. The Kier molecular flexibility index (Phi) is 2.16. The van der Waals surface area contributed by atoms with Gasteiger partial charge in [0.05, 0.1) is 7.11 Å². The minimum Gasteiger partial charge on any atom is -0.497 e. The van der Waals surface area contributed by atoms with Gasteiger partial charge >= 0.3 is 0 Å². The fourth-order valence-electron chi connectivity index (χ4n) is 1.20. The summed E-state index contributed by atoms with van der Waals surface area (Å²) in [7, 11) is 1.69. The average Bonchev–Trinajstić information content (AvgIpc) is 2.15. The summed E-state index contributed by atoms with van der Waals surface area (Å²) in [5, 5.41) is 0. The molecule has 1 aromatic carbocycles. The fourth-order valence-corrected chi connectivity index (χ4v) is 2.49. The molecule has 0 spiro atoms. The molecule has 0 aromatic heterocycles. The van der Waals surface area contributed by atoms with E-state index in [4.69, 9.17) is 4.74 Å². The van der Waals surface area contributed by atoms with Gasteiger partial charge < -0.3 is 4.74 Å². The summed E-state index contributed by atoms with van der Waals surface area (Å²) in [5.74, 6) is 0.919. The van der Waals surface area contributed by atoms with E-state index in [0.717, 1.165) is 5.75 Å². The van der Waals surface area contributed by atoms with Gasteiger partial charge in [0.1, 0.15) is 5.75 Å². The molecule has 1 nitrogen and oxygen atoms in total. The Hall–Kier alpha value is -0.0300. The van der Waals surface area contributed by atoms with Crippen LogP contribution >= 0.6 is 38.5 Å². The largest absolute Gasteiger partial charge is 0.497 e. The highest BCUT2D eigenvalue weighted by molar-refractivity contribution is 14.1. The Bertz CT molecular complexity index is 371. The number of methoxy groups -OCH3 is 1. The number of hydrogen-bond donors (Lipinski definition) is 0. The Balaban J connectivity index is 2.49. The number of ether oxygens (including phenoxy) is 1. The molecule has 62 valence electrons. The van der Waals surface area contributed by atoms with Crippen LogP contribution < -0.4 is 4.74 Å². The molecule has 12 heavy (non-hydrogen) atoms. The van der Waals surface area contributed by atoms with Gasteiger partial charge in [0.25, 0.3) is 0 Å². The van der Waals surface area contributed by atoms with Crippen LogP contribution in [-0.4, -0.2) is 7.11 Å². The molecule has 2 rings (SSSR count). The molecule has 0 saturated carbocycles. The Morgan fingerprint density at radius 3 is 2.75 bits per heavy atom. The lowest BCUT2D eigenvalue weighted by Crippen LogP contribution is -1.98. The molecule has 0 bridgehead atoms. The second kappa shape index (κ2) is 3.03. The summed E-state index contributed by atoms with van der Waals surface area (Å²) in [6.07, 6.45) is 0. The van der Waals surface area contributed by atoms with Gasteiger partial charge in [-0.05, 0) is 62.3 Å². The van der Waals surface area contributed by atoms with Crippen molar-refractivity contribution in [2.24, 2.45) is 0 Å². The second-order valence-electron chi connectivity index (χ2n) is 2.54. The second-order valence-corrected chi connectivity index (χ2v) is 4.41. The van der Waals surface area contributed by atoms with Crippen LogP contribution in [0.4, 0.5) is 0 Å². The van der Waals surface area contributed by atoms with Crippen molar-refractivity contribution < 1.29 is 4.74 Å². The van der Waals surface area contributed by atoms with Crippen molar-refractivity contribution in [1.29, 1.82) is 0 Å². The van der Waals surface area contributed by atoms with Crippen molar-refractivity contribution in [2.45, 2.75) is 0 Å². The highest BCUT2D eigenvalue weighted by Crippen LogP contribution is 2.48. The highest BCUT2D eigenvalue weighted by atomic mass is 127. The van der Waals surface area contributed by atoms with Gasteiger partial charge in [-0.3, -0.25) is 0 Å². The molecule has 3 heteroatoms. The zero-order valence-corrected chi connectivity index (χ0v) is 10.1. The summed E-state index contributed by atoms with van der Waals surface area (Å²) >= 11 is 5.82. The molecule has 0 saturated heterocycles. The van der Waals surface area contributed by atoms with E-state index in [1.54, 1.807) is 7.11 Å². The number of rotatable bonds is 1. The topological polar surface area (TPSA) is 9.23 Å². The summed E-state index contributed by atoms with van der Waals surface area (Å²) < 4.78 is 7.61. The molecule has 0 aliphatic heterocycles. The third kappa shape index (κ3) is 1.10. The molecule has 0 atom stereocenters. The van der Waals surface area contributed by atoms with Crippen LogP contribution in [0, 0.1) is 0 Å². The molecular formula is C9H6BrIO. The van der Waals surface area contributed by atoms with Gasteiger partial charge in [-0.1, -0.05) is 0 Å². The molecule has 0 unspecified atom stereocenters. The lowest BCUT2D eigenvalue weighted by atomic mass is 9.98. The Morgan fingerprint density at radius 1 is 1.33 bits per heavy atom. The predicted octanol–water partition coefficient (Wildman–Crippen LogP) is 3.66. The lowest BCUT2D eigenvalue weighted by molar-refractivity contribution is 0.414. The predicted molar refractivity (Wildman–Crippen MR) is 62.8 cm³/mol. The number of fused-ring (bicyclic) bond motifs is 1. The summed E-state index contributed by atoms with van der Waals surface area (Å²) in [4.78, 5) is 0. The zero-order valence-electron chi connectivity index (χ0n) is 6.40. The summed E-state index contributed by atoms with van der Waals surface area (Å²) in [5.41, 5.74) is 2.56. The van der Waals surface area contributed by atoms with E-state index in [0.29, 0.717) is 0 Å². The van der Waals surface area contributed by atoms with E-state index in [2.05, 4.69) is 50.7 Å². The van der Waals surface area contributed by atoms with E-state index in [1.807, 2.05) is 6.07 Å². The van der Waals surface area contributed by atoms with Gasteiger partial charge in [0.15, 0.2) is 0 Å². The average molecular weight is 337 g/mol. The molecule has 0 amide bonds. The Morgan fingerprint density at radius 2 is 2.08 bits per heavy atom. The first-order valence-electron chi connectivity index (χ1n) is 3.48. The monoisotopic (exact) mass is 336 g/mol. The zero-order chi connectivity index (χ0) is 8.72. The van der Waals surface area contributed by atoms with Crippen LogP contribution in [0.2, 0.25) is 0 Å². The summed E-state index contributed by atoms with van der Waals surface area (Å²) in [6.45, 7) is 0. The molecule has 1 aliphatic rings. The fraction of sp³-hybridized carbons (Fsp3) is 0.111. The van der Waals surface area contributed by atoms with Crippen molar-refractivity contribution in [3.05, 3.63) is 29.3 Å². The molecular weight excluding hydrogens is 331 g/mol. The molecule has 0 radical (unpaired) electrons. The highest BCUT2D eigenvalue weighted by Gasteiger charge is 2.21. The maximum atomic E-state index is 5.13. The maximum absolute atomic E-state index is 5.13. The van der Waals surface area contributed by atoms with Gasteiger partial charge in [0.2, 0.25) is 0 Å². The van der Waals surface area contributed by atoms with Crippen LogP contribution in [0.1, 0.15) is 11.1 Å². The van der Waals surface area contributed by atoms with Crippen molar-refractivity contribution in [1.82, 2.24) is 0 Å². The smallest absolute Gasteiger partial charge is 0.119 e. The molecule has 0 heterocycles. The van der Waals surface area contributed by atoms with Crippen LogP contribution in [0.15, 0.2) is 18.2 Å². The standard InChI is InChI=1S/C9H6BrIO/c1-12-5-2-3-6-7(4-5)9(11)8(6)10/h2-4H,1H3. The van der Waals surface area contributed by atoms with E-state index in [1.165, 1.54) is 19.2 Å². The minimum atomic E-state index is 0.919. The van der Waals surface area contributed by atoms with E-state index in [-0.39, 0.29) is 0 Å². The van der Waals surface area contributed by atoms with Gasteiger partial charge in [-0.15, -0.1) is 0 Å². The summed E-state index contributed by atoms with van der Waals surface area (Å²) in [6, 6.07) is 6.10. The van der Waals surface area contributed by atoms with Gasteiger partial charge in [-0.25, -0.2) is 0 Å². The molecule has 1 aliphatic carbocycles. The van der Waals surface area contributed by atoms with Crippen LogP contribution in [-0.2, 0) is 0 Å². The van der Waals surface area contributed by atoms with Crippen LogP contribution in [0.5, 0.6) is 5.75 Å². The van der Waals surface area contributed by atoms with E-state index in [9.17, 15) is 0 Å². The van der Waals surface area contributed by atoms with Crippen molar-refractivity contribution in [2.75, 3.05) is 7.11 Å². The van der Waals surface area contributed by atoms with Crippen molar-refractivity contribution in [3.63, 3.8) is 0 Å². The number of hydrogen-bond acceptors (Lipinski definition) is 1. The molecule has 1 aromatic rings. The minimum absolute atomic E-state index is 0.919. The lowest BCUT2D eigenvalue weighted by Gasteiger charge is -2.20. The van der Waals surface area contributed by atoms with Crippen molar-refractivity contribution >= 4 is 46.6 Å². The maximum Gasteiger partial charge on any atom is 0.119 e. The van der Waals surface area contributed by atoms with E-state index < -0.39 is 0 Å². The molecule has 0 N–H and O–H groups in total. The van der Waals surface area contributed by atoms with Crippen LogP contribution in [0.3, 0.4) is 0 Å². The number of halogens is 2. The number of benzene rings is 1. The quantitative estimate of drug-likeness (QED) is 0.711.